The number of hydrogen-bond acceptors (Lipinski definition) is 6. The summed E-state index contributed by atoms with van der Waals surface area (Å²) >= 11 is 1.43. The zero-order valence-corrected chi connectivity index (χ0v) is 19.9. The molecule has 2 aromatic carbocycles. The van der Waals surface area contributed by atoms with Crippen molar-refractivity contribution < 1.29 is 9.53 Å². The number of amides is 1. The van der Waals surface area contributed by atoms with E-state index < -0.39 is 0 Å². The Balaban J connectivity index is 1.36. The third kappa shape index (κ3) is 4.77. The number of carbonyl (C=O) groups is 1. The van der Waals surface area contributed by atoms with E-state index in [1.54, 1.807) is 13.3 Å². The molecule has 7 nitrogen and oxygen atoms in total. The number of hydrogen-bond donors (Lipinski definition) is 1. The standard InChI is InChI=1S/C26H27N5O2S/c1-33-20-14-12-18(13-15-20)25-29-30-26(31(25)19-7-3-2-4-8-19)34-17-24(32)28-23-11-5-10-22-21(23)9-6-16-27-22/h5-6,9-16,19H,2-4,7-8,17H2,1H3,(H,28,32). The molecule has 174 valence electrons. The second kappa shape index (κ2) is 10.3. The van der Waals surface area contributed by atoms with Gasteiger partial charge in [-0.25, -0.2) is 0 Å². The van der Waals surface area contributed by atoms with Crippen LogP contribution in [0.3, 0.4) is 0 Å². The first kappa shape index (κ1) is 22.4. The fourth-order valence-electron chi connectivity index (χ4n) is 4.51. The lowest BCUT2D eigenvalue weighted by Crippen LogP contribution is -2.17. The smallest absolute Gasteiger partial charge is 0.234 e. The van der Waals surface area contributed by atoms with Crippen molar-refractivity contribution in [1.82, 2.24) is 19.7 Å². The van der Waals surface area contributed by atoms with Crippen LogP contribution < -0.4 is 10.1 Å². The first-order chi connectivity index (χ1) is 16.7. The van der Waals surface area contributed by atoms with Gasteiger partial charge in [-0.3, -0.25) is 14.3 Å². The molecule has 1 amide bonds. The van der Waals surface area contributed by atoms with E-state index in [4.69, 9.17) is 4.74 Å². The molecule has 4 aromatic rings. The quantitative estimate of drug-likeness (QED) is 0.345. The van der Waals surface area contributed by atoms with Gasteiger partial charge in [0.15, 0.2) is 11.0 Å². The predicted octanol–water partition coefficient (Wildman–Crippen LogP) is 5.74. The van der Waals surface area contributed by atoms with Crippen LogP contribution in [0.2, 0.25) is 0 Å². The number of pyridine rings is 1. The summed E-state index contributed by atoms with van der Waals surface area (Å²) in [6.07, 6.45) is 7.62. The number of anilines is 1. The van der Waals surface area contributed by atoms with Crippen LogP contribution in [-0.4, -0.2) is 38.5 Å². The van der Waals surface area contributed by atoms with Gasteiger partial charge in [0, 0.05) is 23.2 Å². The van der Waals surface area contributed by atoms with Crippen LogP contribution >= 0.6 is 11.8 Å². The van der Waals surface area contributed by atoms with E-state index in [0.717, 1.165) is 51.7 Å². The molecule has 1 aliphatic rings. The Kier molecular flexibility index (Phi) is 6.76. The number of carbonyl (C=O) groups excluding carboxylic acids is 1. The van der Waals surface area contributed by atoms with Crippen LogP contribution in [0.25, 0.3) is 22.3 Å². The molecule has 0 saturated heterocycles. The Labute approximate surface area is 203 Å². The van der Waals surface area contributed by atoms with Gasteiger partial charge in [0.05, 0.1) is 24.1 Å². The van der Waals surface area contributed by atoms with Gasteiger partial charge in [-0.05, 0) is 61.4 Å². The van der Waals surface area contributed by atoms with Crippen LogP contribution in [0, 0.1) is 0 Å². The van der Waals surface area contributed by atoms with Crippen molar-refractivity contribution in [2.75, 3.05) is 18.2 Å². The monoisotopic (exact) mass is 473 g/mol. The zero-order valence-electron chi connectivity index (χ0n) is 19.1. The second-order valence-electron chi connectivity index (χ2n) is 8.41. The lowest BCUT2D eigenvalue weighted by atomic mass is 9.95. The summed E-state index contributed by atoms with van der Waals surface area (Å²) in [6.45, 7) is 0. The molecule has 0 atom stereocenters. The summed E-state index contributed by atoms with van der Waals surface area (Å²) < 4.78 is 7.54. The van der Waals surface area contributed by atoms with Crippen molar-refractivity contribution in [3.63, 3.8) is 0 Å². The predicted molar refractivity (Wildman–Crippen MR) is 135 cm³/mol. The van der Waals surface area contributed by atoms with E-state index in [-0.39, 0.29) is 11.7 Å². The molecule has 0 unspecified atom stereocenters. The maximum Gasteiger partial charge on any atom is 0.234 e. The average molecular weight is 474 g/mol. The number of benzene rings is 2. The van der Waals surface area contributed by atoms with E-state index >= 15 is 0 Å². The van der Waals surface area contributed by atoms with Crippen LogP contribution in [0.5, 0.6) is 5.75 Å². The number of methoxy groups -OCH3 is 1. The number of nitrogens with zero attached hydrogens (tertiary/aromatic N) is 4. The van der Waals surface area contributed by atoms with Crippen molar-refractivity contribution in [3.05, 3.63) is 60.8 Å². The summed E-state index contributed by atoms with van der Waals surface area (Å²) in [5.74, 6) is 1.83. The molecular weight excluding hydrogens is 446 g/mol. The molecule has 0 spiro atoms. The molecule has 5 rings (SSSR count). The van der Waals surface area contributed by atoms with Gasteiger partial charge < -0.3 is 10.1 Å². The van der Waals surface area contributed by atoms with E-state index in [1.165, 1.54) is 31.0 Å². The number of aromatic nitrogens is 4. The number of rotatable bonds is 7. The third-order valence-electron chi connectivity index (χ3n) is 6.20. The molecule has 1 saturated carbocycles. The summed E-state index contributed by atoms with van der Waals surface area (Å²) in [4.78, 5) is 17.2. The molecule has 0 aliphatic heterocycles. The van der Waals surface area contributed by atoms with Crippen molar-refractivity contribution >= 4 is 34.3 Å². The maximum atomic E-state index is 12.8. The van der Waals surface area contributed by atoms with E-state index in [9.17, 15) is 4.79 Å². The average Bonchev–Trinajstić information content (AvgIpc) is 3.32. The molecule has 1 N–H and O–H groups in total. The Morgan fingerprint density at radius 3 is 2.68 bits per heavy atom. The molecule has 34 heavy (non-hydrogen) atoms. The third-order valence-corrected chi connectivity index (χ3v) is 7.15. The van der Waals surface area contributed by atoms with Gasteiger partial charge in [0.2, 0.25) is 5.91 Å². The first-order valence-corrected chi connectivity index (χ1v) is 12.6. The SMILES string of the molecule is COc1ccc(-c2nnc(SCC(=O)Nc3cccc4ncccc34)n2C2CCCCC2)cc1. The minimum absolute atomic E-state index is 0.0782. The number of ether oxygens (including phenoxy) is 1. The van der Waals surface area contributed by atoms with Gasteiger partial charge >= 0.3 is 0 Å². The maximum absolute atomic E-state index is 12.8. The van der Waals surface area contributed by atoms with E-state index in [1.807, 2.05) is 54.6 Å². The molecule has 2 aromatic heterocycles. The molecule has 2 heterocycles. The fraction of sp³-hybridized carbons (Fsp3) is 0.308. The van der Waals surface area contributed by atoms with E-state index in [2.05, 4.69) is 25.1 Å². The van der Waals surface area contributed by atoms with Crippen LogP contribution in [-0.2, 0) is 4.79 Å². The van der Waals surface area contributed by atoms with Crippen molar-refractivity contribution in [2.24, 2.45) is 0 Å². The molecule has 0 radical (unpaired) electrons. The topological polar surface area (TPSA) is 81.9 Å². The number of fused-ring (bicyclic) bond motifs is 1. The normalized spacial score (nSPS) is 14.3. The highest BCUT2D eigenvalue weighted by Crippen LogP contribution is 2.36. The zero-order chi connectivity index (χ0) is 23.3. The minimum atomic E-state index is -0.0782. The van der Waals surface area contributed by atoms with Gasteiger partial charge in [0.1, 0.15) is 5.75 Å². The fourth-order valence-corrected chi connectivity index (χ4v) is 5.32. The Bertz CT molecular complexity index is 1280. The second-order valence-corrected chi connectivity index (χ2v) is 9.35. The van der Waals surface area contributed by atoms with Crippen molar-refractivity contribution in [1.29, 1.82) is 0 Å². The van der Waals surface area contributed by atoms with Gasteiger partial charge in [0.25, 0.3) is 0 Å². The number of thioether (sulfide) groups is 1. The molecular formula is C26H27N5O2S. The summed E-state index contributed by atoms with van der Waals surface area (Å²) in [5, 5.41) is 13.8. The number of nitrogens with one attached hydrogen (secondary N) is 1. The summed E-state index contributed by atoms with van der Waals surface area (Å²) in [6, 6.07) is 17.8. The Morgan fingerprint density at radius 2 is 1.88 bits per heavy atom. The Hall–Kier alpha value is -3.39. The van der Waals surface area contributed by atoms with Gasteiger partial charge in [-0.2, -0.15) is 0 Å². The van der Waals surface area contributed by atoms with Crippen molar-refractivity contribution in [3.8, 4) is 17.1 Å². The largest absolute Gasteiger partial charge is 0.497 e. The van der Waals surface area contributed by atoms with Gasteiger partial charge in [-0.15, -0.1) is 10.2 Å². The highest BCUT2D eigenvalue weighted by atomic mass is 32.2. The van der Waals surface area contributed by atoms with Gasteiger partial charge in [-0.1, -0.05) is 37.1 Å². The van der Waals surface area contributed by atoms with Crippen LogP contribution in [0.4, 0.5) is 5.69 Å². The highest BCUT2D eigenvalue weighted by Gasteiger charge is 2.24. The van der Waals surface area contributed by atoms with Crippen LogP contribution in [0.15, 0.2) is 66.0 Å². The summed E-state index contributed by atoms with van der Waals surface area (Å²) in [5.41, 5.74) is 2.62. The molecule has 0 bridgehead atoms. The highest BCUT2D eigenvalue weighted by molar-refractivity contribution is 7.99. The van der Waals surface area contributed by atoms with Crippen molar-refractivity contribution in [2.45, 2.75) is 43.3 Å². The lowest BCUT2D eigenvalue weighted by Gasteiger charge is -2.25. The summed E-state index contributed by atoms with van der Waals surface area (Å²) in [7, 11) is 1.66. The van der Waals surface area contributed by atoms with Crippen LogP contribution in [0.1, 0.15) is 38.1 Å². The molecule has 8 heteroatoms. The molecule has 1 aliphatic carbocycles. The van der Waals surface area contributed by atoms with E-state index in [0.29, 0.717) is 6.04 Å². The lowest BCUT2D eigenvalue weighted by molar-refractivity contribution is -0.113. The molecule has 1 fully saturated rings. The first-order valence-electron chi connectivity index (χ1n) is 11.6. The minimum Gasteiger partial charge on any atom is -0.497 e. The Morgan fingerprint density at radius 1 is 1.06 bits per heavy atom.